The first-order valence-corrected chi connectivity index (χ1v) is 9.18. The van der Waals surface area contributed by atoms with Crippen LogP contribution in [0.15, 0.2) is 48.8 Å². The van der Waals surface area contributed by atoms with Crippen LogP contribution in [-0.4, -0.2) is 34.8 Å². The van der Waals surface area contributed by atoms with Crippen molar-refractivity contribution in [1.82, 2.24) is 15.2 Å². The van der Waals surface area contributed by atoms with Crippen LogP contribution in [0.2, 0.25) is 5.02 Å². The van der Waals surface area contributed by atoms with Crippen LogP contribution in [0, 0.1) is 5.92 Å². The first kappa shape index (κ1) is 18.4. The van der Waals surface area contributed by atoms with Crippen LogP contribution in [0.25, 0.3) is 0 Å². The summed E-state index contributed by atoms with van der Waals surface area (Å²) in [6, 6.07) is 11.3. The molecule has 1 N–H and O–H groups in total. The van der Waals surface area contributed by atoms with E-state index in [9.17, 15) is 9.59 Å². The van der Waals surface area contributed by atoms with Gasteiger partial charge >= 0.3 is 0 Å². The van der Waals surface area contributed by atoms with Crippen molar-refractivity contribution in [2.45, 2.75) is 25.8 Å². The summed E-state index contributed by atoms with van der Waals surface area (Å²) >= 11 is 5.90. The first-order valence-electron chi connectivity index (χ1n) is 8.80. The van der Waals surface area contributed by atoms with E-state index < -0.39 is 0 Å². The molecule has 1 aromatic heterocycles. The molecule has 0 radical (unpaired) electrons. The molecule has 0 bridgehead atoms. The van der Waals surface area contributed by atoms with E-state index in [0.29, 0.717) is 37.5 Å². The highest BCUT2D eigenvalue weighted by molar-refractivity contribution is 6.30. The van der Waals surface area contributed by atoms with Gasteiger partial charge in [-0.15, -0.1) is 0 Å². The topological polar surface area (TPSA) is 62.3 Å². The fraction of sp³-hybridized carbons (Fsp3) is 0.350. The summed E-state index contributed by atoms with van der Waals surface area (Å²) in [7, 11) is 0. The number of hydrogen-bond acceptors (Lipinski definition) is 3. The number of pyridine rings is 1. The minimum absolute atomic E-state index is 0.0162. The number of rotatable bonds is 6. The van der Waals surface area contributed by atoms with Crippen molar-refractivity contribution < 1.29 is 9.59 Å². The highest BCUT2D eigenvalue weighted by atomic mass is 35.5. The summed E-state index contributed by atoms with van der Waals surface area (Å²) in [6.07, 6.45) is 5.30. The molecule has 1 saturated heterocycles. The van der Waals surface area contributed by atoms with E-state index in [2.05, 4.69) is 10.3 Å². The molecule has 1 atom stereocenters. The van der Waals surface area contributed by atoms with Gasteiger partial charge in [-0.25, -0.2) is 0 Å². The third-order valence-electron chi connectivity index (χ3n) is 4.59. The molecule has 2 amide bonds. The summed E-state index contributed by atoms with van der Waals surface area (Å²) in [5, 5.41) is 3.66. The number of likely N-dealkylation sites (tertiary alicyclic amines) is 1. The SMILES string of the molecule is O=C(NCCc1cccnc1)C1CCC(=O)N(Cc2ccc(Cl)cc2)C1. The quantitative estimate of drug-likeness (QED) is 0.849. The van der Waals surface area contributed by atoms with E-state index in [0.717, 1.165) is 17.5 Å². The molecule has 3 rings (SSSR count). The van der Waals surface area contributed by atoms with Gasteiger partial charge in [0.2, 0.25) is 11.8 Å². The zero-order valence-corrected chi connectivity index (χ0v) is 15.3. The normalized spacial score (nSPS) is 17.2. The molecule has 2 aromatic rings. The Bertz CT molecular complexity index is 749. The van der Waals surface area contributed by atoms with Crippen molar-refractivity contribution in [1.29, 1.82) is 0 Å². The number of aromatic nitrogens is 1. The second kappa shape index (κ2) is 8.81. The molecule has 0 spiro atoms. The van der Waals surface area contributed by atoms with Gasteiger partial charge in [0.15, 0.2) is 0 Å². The van der Waals surface area contributed by atoms with Gasteiger partial charge in [0.25, 0.3) is 0 Å². The average Bonchev–Trinajstić information content (AvgIpc) is 2.66. The molecule has 0 saturated carbocycles. The number of nitrogens with one attached hydrogen (secondary N) is 1. The summed E-state index contributed by atoms with van der Waals surface area (Å²) in [6.45, 7) is 1.54. The molecule has 6 heteroatoms. The number of amides is 2. The number of piperidine rings is 1. The highest BCUT2D eigenvalue weighted by Crippen LogP contribution is 2.20. The lowest BCUT2D eigenvalue weighted by Crippen LogP contribution is -2.45. The maximum Gasteiger partial charge on any atom is 0.224 e. The van der Waals surface area contributed by atoms with Gasteiger partial charge in [0.05, 0.1) is 5.92 Å². The predicted molar refractivity (Wildman–Crippen MR) is 101 cm³/mol. The fourth-order valence-electron chi connectivity index (χ4n) is 3.11. The van der Waals surface area contributed by atoms with E-state index in [1.54, 1.807) is 17.3 Å². The monoisotopic (exact) mass is 371 g/mol. The highest BCUT2D eigenvalue weighted by Gasteiger charge is 2.30. The van der Waals surface area contributed by atoms with Gasteiger partial charge in [0, 0.05) is 43.5 Å². The summed E-state index contributed by atoms with van der Waals surface area (Å²) in [4.78, 5) is 30.5. The standard InChI is InChI=1S/C20H22ClN3O2/c21-18-6-3-16(4-7-18)13-24-14-17(5-8-19(24)25)20(26)23-11-9-15-2-1-10-22-12-15/h1-4,6-7,10,12,17H,5,8-9,11,13-14H2,(H,23,26). The van der Waals surface area contributed by atoms with Crippen LogP contribution in [0.1, 0.15) is 24.0 Å². The van der Waals surface area contributed by atoms with Crippen molar-refractivity contribution >= 4 is 23.4 Å². The number of carbonyl (C=O) groups is 2. The Hall–Kier alpha value is -2.40. The molecule has 1 aromatic carbocycles. The number of hydrogen-bond donors (Lipinski definition) is 1. The Kier molecular flexibility index (Phi) is 6.23. The van der Waals surface area contributed by atoms with Crippen molar-refractivity contribution in [3.63, 3.8) is 0 Å². The van der Waals surface area contributed by atoms with Gasteiger partial charge in [-0.3, -0.25) is 14.6 Å². The smallest absolute Gasteiger partial charge is 0.224 e. The van der Waals surface area contributed by atoms with E-state index in [4.69, 9.17) is 11.6 Å². The van der Waals surface area contributed by atoms with Crippen LogP contribution in [0.4, 0.5) is 0 Å². The summed E-state index contributed by atoms with van der Waals surface area (Å²) in [5.41, 5.74) is 2.11. The Morgan fingerprint density at radius 2 is 2.04 bits per heavy atom. The van der Waals surface area contributed by atoms with Gasteiger partial charge in [-0.2, -0.15) is 0 Å². The van der Waals surface area contributed by atoms with Gasteiger partial charge in [0.1, 0.15) is 0 Å². The fourth-order valence-corrected chi connectivity index (χ4v) is 3.24. The third kappa shape index (κ3) is 5.05. The largest absolute Gasteiger partial charge is 0.355 e. The van der Waals surface area contributed by atoms with Crippen LogP contribution in [0.5, 0.6) is 0 Å². The predicted octanol–water partition coefficient (Wildman–Crippen LogP) is 2.83. The Balaban J connectivity index is 1.50. The second-order valence-electron chi connectivity index (χ2n) is 6.54. The van der Waals surface area contributed by atoms with Crippen molar-refractivity contribution in [3.05, 3.63) is 64.9 Å². The van der Waals surface area contributed by atoms with Crippen molar-refractivity contribution in [3.8, 4) is 0 Å². The van der Waals surface area contributed by atoms with E-state index in [-0.39, 0.29) is 17.7 Å². The Morgan fingerprint density at radius 3 is 2.77 bits per heavy atom. The van der Waals surface area contributed by atoms with Gasteiger partial charge in [-0.1, -0.05) is 29.8 Å². The zero-order valence-electron chi connectivity index (χ0n) is 14.5. The van der Waals surface area contributed by atoms with Gasteiger partial charge < -0.3 is 10.2 Å². The molecule has 1 aliphatic rings. The van der Waals surface area contributed by atoms with Crippen LogP contribution < -0.4 is 5.32 Å². The first-order chi connectivity index (χ1) is 12.6. The number of halogens is 1. The molecule has 136 valence electrons. The zero-order chi connectivity index (χ0) is 18.4. The molecule has 5 nitrogen and oxygen atoms in total. The number of carbonyl (C=O) groups excluding carboxylic acids is 2. The summed E-state index contributed by atoms with van der Waals surface area (Å²) in [5.74, 6) is -0.0456. The van der Waals surface area contributed by atoms with Crippen molar-refractivity contribution in [2.24, 2.45) is 5.92 Å². The summed E-state index contributed by atoms with van der Waals surface area (Å²) < 4.78 is 0. The number of benzene rings is 1. The molecule has 1 unspecified atom stereocenters. The lowest BCUT2D eigenvalue weighted by Gasteiger charge is -2.32. The Morgan fingerprint density at radius 1 is 1.23 bits per heavy atom. The molecule has 1 aliphatic heterocycles. The van der Waals surface area contributed by atoms with Crippen LogP contribution in [0.3, 0.4) is 0 Å². The molecule has 1 fully saturated rings. The van der Waals surface area contributed by atoms with Crippen molar-refractivity contribution in [2.75, 3.05) is 13.1 Å². The molecule has 2 heterocycles. The Labute approximate surface area is 158 Å². The average molecular weight is 372 g/mol. The minimum Gasteiger partial charge on any atom is -0.355 e. The van der Waals surface area contributed by atoms with Crippen LogP contribution in [-0.2, 0) is 22.6 Å². The third-order valence-corrected chi connectivity index (χ3v) is 4.85. The maximum absolute atomic E-state index is 12.5. The van der Waals surface area contributed by atoms with Gasteiger partial charge in [-0.05, 0) is 42.2 Å². The lowest BCUT2D eigenvalue weighted by atomic mass is 9.96. The molecule has 0 aliphatic carbocycles. The molecular formula is C20H22ClN3O2. The number of nitrogens with zero attached hydrogens (tertiary/aromatic N) is 2. The molecular weight excluding hydrogens is 350 g/mol. The van der Waals surface area contributed by atoms with Crippen LogP contribution >= 0.6 is 11.6 Å². The lowest BCUT2D eigenvalue weighted by molar-refractivity contribution is -0.138. The van der Waals surface area contributed by atoms with E-state index in [1.165, 1.54) is 0 Å². The van der Waals surface area contributed by atoms with E-state index in [1.807, 2.05) is 36.4 Å². The maximum atomic E-state index is 12.5. The minimum atomic E-state index is -0.158. The van der Waals surface area contributed by atoms with E-state index >= 15 is 0 Å². The molecule has 26 heavy (non-hydrogen) atoms. The second-order valence-corrected chi connectivity index (χ2v) is 6.98.